The molecule has 5 rings (SSSR count). The van der Waals surface area contributed by atoms with Gasteiger partial charge in [0.05, 0.1) is 29.2 Å². The van der Waals surface area contributed by atoms with Gasteiger partial charge in [-0.15, -0.1) is 0 Å². The van der Waals surface area contributed by atoms with Crippen LogP contribution >= 0.6 is 0 Å². The number of rotatable bonds is 4. The van der Waals surface area contributed by atoms with Crippen molar-refractivity contribution in [1.82, 2.24) is 4.90 Å². The number of ketones is 3. The molecule has 0 saturated heterocycles. The summed E-state index contributed by atoms with van der Waals surface area (Å²) in [6, 6.07) is 9.40. The van der Waals surface area contributed by atoms with E-state index in [1.54, 1.807) is 30.3 Å². The fourth-order valence-electron chi connectivity index (χ4n) is 6.34. The molecule has 2 aromatic carbocycles. The van der Waals surface area contributed by atoms with Gasteiger partial charge >= 0.3 is 0 Å². The summed E-state index contributed by atoms with van der Waals surface area (Å²) in [5.74, 6) is -9.38. The molecule has 2 aromatic rings. The van der Waals surface area contributed by atoms with Crippen molar-refractivity contribution in [2.75, 3.05) is 14.1 Å². The number of aliphatic hydroxyl groups excluding tert-OH is 3. The lowest BCUT2D eigenvalue weighted by Crippen LogP contribution is -2.68. The number of likely N-dealkylation sites (N-methyl/N-ethyl adjacent to an activating group) is 1. The van der Waals surface area contributed by atoms with Crippen LogP contribution in [-0.4, -0.2) is 85.5 Å². The Balaban J connectivity index is 1.86. The number of hydrogen-bond donors (Lipinski definition) is 6. The summed E-state index contributed by atoms with van der Waals surface area (Å²) in [4.78, 5) is 52.9. The Morgan fingerprint density at radius 1 is 1.05 bits per heavy atom. The van der Waals surface area contributed by atoms with Gasteiger partial charge in [0.1, 0.15) is 22.8 Å². The van der Waals surface area contributed by atoms with E-state index in [2.05, 4.69) is 0 Å². The van der Waals surface area contributed by atoms with Gasteiger partial charge in [0, 0.05) is 11.5 Å². The molecule has 11 heteroatoms. The second kappa shape index (κ2) is 9.51. The maximum absolute atomic E-state index is 13.8. The van der Waals surface area contributed by atoms with Crippen molar-refractivity contribution in [3.8, 4) is 5.75 Å². The second-order valence-corrected chi connectivity index (χ2v) is 10.7. The van der Waals surface area contributed by atoms with E-state index in [9.17, 15) is 44.7 Å². The lowest BCUT2D eigenvalue weighted by molar-refractivity contribution is -0.159. The Hall–Kier alpha value is -4.58. The van der Waals surface area contributed by atoms with Crippen molar-refractivity contribution in [3.05, 3.63) is 87.4 Å². The predicted molar refractivity (Wildman–Crippen MR) is 146 cm³/mol. The third-order valence-electron chi connectivity index (χ3n) is 8.15. The summed E-state index contributed by atoms with van der Waals surface area (Å²) >= 11 is 0. The average Bonchev–Trinajstić information content (AvgIpc) is 2.90. The van der Waals surface area contributed by atoms with E-state index in [0.717, 1.165) is 0 Å². The predicted octanol–water partition coefficient (Wildman–Crippen LogP) is 1.29. The maximum atomic E-state index is 13.8. The third-order valence-corrected chi connectivity index (χ3v) is 8.15. The first-order valence-corrected chi connectivity index (χ1v) is 12.7. The molecule has 0 bridgehead atoms. The van der Waals surface area contributed by atoms with Gasteiger partial charge in [-0.25, -0.2) is 0 Å². The number of aliphatic hydroxyl groups is 4. The zero-order chi connectivity index (χ0) is 30.1. The molecular weight excluding hydrogens is 532 g/mol. The molecule has 212 valence electrons. The molecule has 0 spiro atoms. The van der Waals surface area contributed by atoms with E-state index in [1.165, 1.54) is 44.1 Å². The SMILES string of the molecule is CC(=O)c1cccc(/C=C2\c3cccc(O)c3C(=O)C3=C(O)C4(O)C(=O)C(C(N)=O)=C(O)C(N(C)C)C4C(O)C32)c1. The maximum Gasteiger partial charge on any atom is 0.255 e. The molecule has 0 heterocycles. The van der Waals surface area contributed by atoms with E-state index in [4.69, 9.17) is 5.73 Å². The van der Waals surface area contributed by atoms with Crippen LogP contribution in [0.15, 0.2) is 65.1 Å². The first-order chi connectivity index (χ1) is 19.2. The van der Waals surface area contributed by atoms with Gasteiger partial charge in [0.15, 0.2) is 17.2 Å². The van der Waals surface area contributed by atoms with E-state index < -0.39 is 75.5 Å². The van der Waals surface area contributed by atoms with Gasteiger partial charge in [-0.05, 0) is 49.9 Å². The van der Waals surface area contributed by atoms with Crippen LogP contribution in [-0.2, 0) is 9.59 Å². The Morgan fingerprint density at radius 2 is 1.71 bits per heavy atom. The number of phenolic OH excluding ortho intramolecular Hbond substituents is 1. The lowest BCUT2D eigenvalue weighted by atomic mass is 9.56. The number of benzene rings is 2. The zero-order valence-corrected chi connectivity index (χ0v) is 22.3. The van der Waals surface area contributed by atoms with Crippen LogP contribution in [0, 0.1) is 11.8 Å². The zero-order valence-electron chi connectivity index (χ0n) is 22.3. The topological polar surface area (TPSA) is 199 Å². The molecule has 0 aromatic heterocycles. The highest BCUT2D eigenvalue weighted by Gasteiger charge is 2.67. The monoisotopic (exact) mass is 560 g/mol. The van der Waals surface area contributed by atoms with E-state index >= 15 is 0 Å². The van der Waals surface area contributed by atoms with Gasteiger partial charge in [-0.3, -0.25) is 24.1 Å². The second-order valence-electron chi connectivity index (χ2n) is 10.7. The molecule has 3 aliphatic rings. The van der Waals surface area contributed by atoms with Gasteiger partial charge < -0.3 is 31.3 Å². The Kier molecular flexibility index (Phi) is 6.49. The molecule has 11 nitrogen and oxygen atoms in total. The molecule has 41 heavy (non-hydrogen) atoms. The van der Waals surface area contributed by atoms with Crippen molar-refractivity contribution < 1.29 is 44.7 Å². The summed E-state index contributed by atoms with van der Waals surface area (Å²) in [7, 11) is 2.92. The van der Waals surface area contributed by atoms with Gasteiger partial charge in [0.25, 0.3) is 5.91 Å². The Morgan fingerprint density at radius 3 is 2.32 bits per heavy atom. The van der Waals surface area contributed by atoms with Crippen LogP contribution in [0.25, 0.3) is 11.6 Å². The van der Waals surface area contributed by atoms with Crippen LogP contribution in [0.1, 0.15) is 38.8 Å². The number of nitrogens with zero attached hydrogens (tertiary/aromatic N) is 1. The smallest absolute Gasteiger partial charge is 0.255 e. The summed E-state index contributed by atoms with van der Waals surface area (Å²) in [6.07, 6.45) is -0.219. The van der Waals surface area contributed by atoms with Gasteiger partial charge in [0.2, 0.25) is 5.78 Å². The average molecular weight is 561 g/mol. The molecule has 3 aliphatic carbocycles. The molecule has 0 fully saturated rings. The number of amides is 1. The number of fused-ring (bicyclic) bond motifs is 3. The summed E-state index contributed by atoms with van der Waals surface area (Å²) in [5.41, 5.74) is 1.90. The highest BCUT2D eigenvalue weighted by atomic mass is 16.4. The molecule has 0 radical (unpaired) electrons. The van der Waals surface area contributed by atoms with Crippen molar-refractivity contribution in [2.24, 2.45) is 17.6 Å². The van der Waals surface area contributed by atoms with Crippen LogP contribution in [0.3, 0.4) is 0 Å². The van der Waals surface area contributed by atoms with Crippen LogP contribution in [0.4, 0.5) is 0 Å². The van der Waals surface area contributed by atoms with E-state index in [1.807, 2.05) is 0 Å². The highest BCUT2D eigenvalue weighted by Crippen LogP contribution is 2.55. The lowest BCUT2D eigenvalue weighted by Gasteiger charge is -2.52. The molecule has 5 atom stereocenters. The van der Waals surface area contributed by atoms with Crippen molar-refractivity contribution in [2.45, 2.75) is 24.7 Å². The van der Waals surface area contributed by atoms with Crippen LogP contribution < -0.4 is 5.73 Å². The number of Topliss-reactive ketones (excluding diaryl/α,β-unsaturated/α-hetero) is 3. The third kappa shape index (κ3) is 3.85. The number of carbonyl (C=O) groups is 4. The quantitative estimate of drug-likeness (QED) is 0.234. The summed E-state index contributed by atoms with van der Waals surface area (Å²) < 4.78 is 0. The minimum absolute atomic E-state index is 0.204. The number of carbonyl (C=O) groups excluding carboxylic acids is 4. The first-order valence-electron chi connectivity index (χ1n) is 12.7. The van der Waals surface area contributed by atoms with E-state index in [-0.39, 0.29) is 22.5 Å². The van der Waals surface area contributed by atoms with Gasteiger partial charge in [-0.1, -0.05) is 36.4 Å². The number of aromatic hydroxyl groups is 1. The fraction of sp³-hybridized carbons (Fsp3) is 0.267. The normalized spacial score (nSPS) is 28.5. The molecule has 0 saturated carbocycles. The highest BCUT2D eigenvalue weighted by molar-refractivity contribution is 6.25. The minimum atomic E-state index is -3.02. The van der Waals surface area contributed by atoms with Crippen LogP contribution in [0.5, 0.6) is 5.75 Å². The Labute approximate surface area is 234 Å². The summed E-state index contributed by atoms with van der Waals surface area (Å²) in [6.45, 7) is 1.39. The number of nitrogens with two attached hydrogens (primary N) is 1. The van der Waals surface area contributed by atoms with Gasteiger partial charge in [-0.2, -0.15) is 0 Å². The molecular formula is C30H28N2O9. The standard InChI is InChI=1S/C30H28N2O9/c1-12(33)14-7-4-6-13(10-14)11-16-15-8-5-9-17(34)18(15)24(35)20-19(16)25(36)22-23(32(2)3)26(37)21(29(31)40)28(39)30(22,41)27(20)38/h4-11,19,22-23,25,34,36-38,41H,1-3H3,(H2,31,40)/b16-11+. The first kappa shape index (κ1) is 28.0. The van der Waals surface area contributed by atoms with Crippen LogP contribution in [0.2, 0.25) is 0 Å². The van der Waals surface area contributed by atoms with E-state index in [0.29, 0.717) is 11.1 Å². The minimum Gasteiger partial charge on any atom is -0.510 e. The molecule has 0 aliphatic heterocycles. The largest absolute Gasteiger partial charge is 0.510 e. The van der Waals surface area contributed by atoms with Crippen molar-refractivity contribution in [1.29, 1.82) is 0 Å². The fourth-order valence-corrected chi connectivity index (χ4v) is 6.34. The molecule has 7 N–H and O–H groups in total. The van der Waals surface area contributed by atoms with Crippen molar-refractivity contribution in [3.63, 3.8) is 0 Å². The summed E-state index contributed by atoms with van der Waals surface area (Å²) in [5, 5.41) is 57.0. The Bertz CT molecular complexity index is 1650. The number of hydrogen-bond acceptors (Lipinski definition) is 10. The molecule has 5 unspecified atom stereocenters. The van der Waals surface area contributed by atoms with Crippen molar-refractivity contribution >= 4 is 34.9 Å². The number of primary amides is 1. The molecule has 1 amide bonds. The number of phenols is 1.